The van der Waals surface area contributed by atoms with Crippen LogP contribution in [0.15, 0.2) is 24.3 Å². The van der Waals surface area contributed by atoms with Crippen LogP contribution in [-0.2, 0) is 6.42 Å². The smallest absolute Gasteiger partial charge is 0.0304 e. The van der Waals surface area contributed by atoms with Gasteiger partial charge in [-0.1, -0.05) is 56.0 Å². The van der Waals surface area contributed by atoms with Gasteiger partial charge < -0.3 is 0 Å². The summed E-state index contributed by atoms with van der Waals surface area (Å²) in [5.74, 6) is 5.82. The fourth-order valence-electron chi connectivity index (χ4n) is 3.17. The molecular formula is C16H26N2. The number of rotatable bonds is 4. The van der Waals surface area contributed by atoms with Gasteiger partial charge in [0.05, 0.1) is 0 Å². The zero-order valence-electron chi connectivity index (χ0n) is 11.7. The van der Waals surface area contributed by atoms with Crippen LogP contribution in [0.5, 0.6) is 0 Å². The van der Waals surface area contributed by atoms with Crippen molar-refractivity contribution in [2.24, 2.45) is 11.3 Å². The summed E-state index contributed by atoms with van der Waals surface area (Å²) in [4.78, 5) is 0. The van der Waals surface area contributed by atoms with E-state index in [2.05, 4.69) is 43.5 Å². The highest BCUT2D eigenvalue weighted by molar-refractivity contribution is 5.22. The highest BCUT2D eigenvalue weighted by Gasteiger charge is 2.34. The first-order valence-corrected chi connectivity index (χ1v) is 7.16. The third kappa shape index (κ3) is 3.12. The SMILES string of the molecule is Cc1ccc(CC(NN)C2(C)CCCCC2)cc1. The summed E-state index contributed by atoms with van der Waals surface area (Å²) in [6.45, 7) is 4.52. The van der Waals surface area contributed by atoms with Crippen LogP contribution in [0, 0.1) is 12.3 Å². The Balaban J connectivity index is 2.06. The van der Waals surface area contributed by atoms with E-state index in [9.17, 15) is 0 Å². The molecule has 1 aliphatic carbocycles. The second-order valence-electron chi connectivity index (χ2n) is 6.12. The Kier molecular flexibility index (Phi) is 4.41. The van der Waals surface area contributed by atoms with E-state index in [0.29, 0.717) is 11.5 Å². The average Bonchev–Trinajstić information content (AvgIpc) is 2.38. The highest BCUT2D eigenvalue weighted by Crippen LogP contribution is 2.39. The first kappa shape index (κ1) is 13.6. The normalized spacial score (nSPS) is 20.6. The standard InChI is InChI=1S/C16H26N2/c1-13-6-8-14(9-7-13)12-15(18-17)16(2)10-4-3-5-11-16/h6-9,15,18H,3-5,10-12,17H2,1-2H3. The van der Waals surface area contributed by atoms with Crippen LogP contribution in [0.2, 0.25) is 0 Å². The molecule has 0 aliphatic heterocycles. The van der Waals surface area contributed by atoms with Crippen LogP contribution < -0.4 is 11.3 Å². The summed E-state index contributed by atoms with van der Waals surface area (Å²) in [6, 6.07) is 9.22. The largest absolute Gasteiger partial charge is 0.271 e. The fraction of sp³-hybridized carbons (Fsp3) is 0.625. The topological polar surface area (TPSA) is 38.0 Å². The van der Waals surface area contributed by atoms with Crippen molar-refractivity contribution in [1.82, 2.24) is 5.43 Å². The Morgan fingerprint density at radius 2 is 1.78 bits per heavy atom. The number of hydrogen-bond donors (Lipinski definition) is 2. The molecule has 0 spiro atoms. The van der Waals surface area contributed by atoms with Crippen molar-refractivity contribution < 1.29 is 0 Å². The number of nitrogens with one attached hydrogen (secondary N) is 1. The fourth-order valence-corrected chi connectivity index (χ4v) is 3.17. The Hall–Kier alpha value is -0.860. The van der Waals surface area contributed by atoms with Gasteiger partial charge in [0.25, 0.3) is 0 Å². The summed E-state index contributed by atoms with van der Waals surface area (Å²) < 4.78 is 0. The van der Waals surface area contributed by atoms with Gasteiger partial charge in [-0.15, -0.1) is 0 Å². The van der Waals surface area contributed by atoms with Crippen molar-refractivity contribution in [3.05, 3.63) is 35.4 Å². The molecule has 1 atom stereocenters. The van der Waals surface area contributed by atoms with Crippen molar-refractivity contribution >= 4 is 0 Å². The first-order chi connectivity index (χ1) is 8.64. The first-order valence-electron chi connectivity index (χ1n) is 7.16. The zero-order chi connectivity index (χ0) is 13.0. The third-order valence-corrected chi connectivity index (χ3v) is 4.60. The summed E-state index contributed by atoms with van der Waals surface area (Å²) in [5, 5.41) is 0. The lowest BCUT2D eigenvalue weighted by Crippen LogP contribution is -2.49. The summed E-state index contributed by atoms with van der Waals surface area (Å²) in [7, 11) is 0. The molecule has 0 bridgehead atoms. The summed E-state index contributed by atoms with van der Waals surface area (Å²) in [6.07, 6.45) is 7.72. The average molecular weight is 246 g/mol. The minimum Gasteiger partial charge on any atom is -0.271 e. The molecule has 1 saturated carbocycles. The Bertz CT molecular complexity index is 363. The van der Waals surface area contributed by atoms with Crippen LogP contribution in [0.4, 0.5) is 0 Å². The molecule has 1 aromatic carbocycles. The Morgan fingerprint density at radius 1 is 1.17 bits per heavy atom. The van der Waals surface area contributed by atoms with Gasteiger partial charge in [-0.25, -0.2) is 0 Å². The van der Waals surface area contributed by atoms with Crippen LogP contribution in [0.3, 0.4) is 0 Å². The molecule has 100 valence electrons. The van der Waals surface area contributed by atoms with Crippen molar-refractivity contribution in [2.75, 3.05) is 0 Å². The van der Waals surface area contributed by atoms with E-state index in [0.717, 1.165) is 6.42 Å². The predicted octanol–water partition coefficient (Wildman–Crippen LogP) is 3.34. The van der Waals surface area contributed by atoms with E-state index >= 15 is 0 Å². The summed E-state index contributed by atoms with van der Waals surface area (Å²) in [5.41, 5.74) is 6.14. The molecule has 2 heteroatoms. The second-order valence-corrected chi connectivity index (χ2v) is 6.12. The molecule has 0 aromatic heterocycles. The maximum atomic E-state index is 5.82. The molecule has 0 saturated heterocycles. The lowest BCUT2D eigenvalue weighted by atomic mass is 9.69. The van der Waals surface area contributed by atoms with E-state index in [-0.39, 0.29) is 0 Å². The zero-order valence-corrected chi connectivity index (χ0v) is 11.7. The van der Waals surface area contributed by atoms with E-state index in [1.165, 1.54) is 43.2 Å². The number of benzene rings is 1. The molecule has 1 fully saturated rings. The quantitative estimate of drug-likeness (QED) is 0.631. The van der Waals surface area contributed by atoms with Crippen LogP contribution >= 0.6 is 0 Å². The second kappa shape index (κ2) is 5.85. The van der Waals surface area contributed by atoms with Crippen LogP contribution in [-0.4, -0.2) is 6.04 Å². The van der Waals surface area contributed by atoms with Crippen LogP contribution in [0.1, 0.15) is 50.2 Å². The minimum absolute atomic E-state index is 0.359. The molecule has 0 heterocycles. The van der Waals surface area contributed by atoms with Gasteiger partial charge in [0.1, 0.15) is 0 Å². The predicted molar refractivity (Wildman–Crippen MR) is 77.2 cm³/mol. The van der Waals surface area contributed by atoms with E-state index in [1.807, 2.05) is 0 Å². The van der Waals surface area contributed by atoms with E-state index in [4.69, 9.17) is 5.84 Å². The number of aryl methyl sites for hydroxylation is 1. The Labute approximate surface area is 111 Å². The van der Waals surface area contributed by atoms with Gasteiger partial charge in [-0.2, -0.15) is 0 Å². The molecule has 1 unspecified atom stereocenters. The monoisotopic (exact) mass is 246 g/mol. The van der Waals surface area contributed by atoms with Crippen molar-refractivity contribution in [2.45, 2.75) is 58.4 Å². The molecule has 1 aliphatic rings. The molecule has 3 N–H and O–H groups in total. The highest BCUT2D eigenvalue weighted by atomic mass is 15.2. The summed E-state index contributed by atoms with van der Waals surface area (Å²) >= 11 is 0. The van der Waals surface area contributed by atoms with Gasteiger partial charge in [0, 0.05) is 6.04 Å². The lowest BCUT2D eigenvalue weighted by Gasteiger charge is -2.40. The lowest BCUT2D eigenvalue weighted by molar-refractivity contribution is 0.144. The van der Waals surface area contributed by atoms with E-state index in [1.54, 1.807) is 0 Å². The van der Waals surface area contributed by atoms with Gasteiger partial charge in [-0.3, -0.25) is 11.3 Å². The van der Waals surface area contributed by atoms with Crippen molar-refractivity contribution in [3.8, 4) is 0 Å². The molecule has 2 rings (SSSR count). The number of hydrazine groups is 1. The molecule has 0 amide bonds. The van der Waals surface area contributed by atoms with Crippen LogP contribution in [0.25, 0.3) is 0 Å². The van der Waals surface area contributed by atoms with Gasteiger partial charge in [0.2, 0.25) is 0 Å². The minimum atomic E-state index is 0.359. The molecular weight excluding hydrogens is 220 g/mol. The molecule has 18 heavy (non-hydrogen) atoms. The van der Waals surface area contributed by atoms with Crippen molar-refractivity contribution in [3.63, 3.8) is 0 Å². The molecule has 0 radical (unpaired) electrons. The Morgan fingerprint density at radius 3 is 2.33 bits per heavy atom. The van der Waals surface area contributed by atoms with Gasteiger partial charge in [-0.05, 0) is 37.2 Å². The van der Waals surface area contributed by atoms with Gasteiger partial charge >= 0.3 is 0 Å². The van der Waals surface area contributed by atoms with Gasteiger partial charge in [0.15, 0.2) is 0 Å². The number of hydrogen-bond acceptors (Lipinski definition) is 2. The van der Waals surface area contributed by atoms with Crippen molar-refractivity contribution in [1.29, 1.82) is 0 Å². The third-order valence-electron chi connectivity index (χ3n) is 4.60. The molecule has 1 aromatic rings. The maximum absolute atomic E-state index is 5.82. The maximum Gasteiger partial charge on any atom is 0.0304 e. The molecule has 2 nitrogen and oxygen atoms in total. The number of nitrogens with two attached hydrogens (primary N) is 1. The van der Waals surface area contributed by atoms with E-state index < -0.39 is 0 Å².